The van der Waals surface area contributed by atoms with Crippen molar-refractivity contribution in [1.29, 1.82) is 0 Å². The predicted octanol–water partition coefficient (Wildman–Crippen LogP) is 4.19. The van der Waals surface area contributed by atoms with Gasteiger partial charge in [0.25, 0.3) is 0 Å². The summed E-state index contributed by atoms with van der Waals surface area (Å²) in [6, 6.07) is 0. The number of hydrogen-bond donors (Lipinski definition) is 1. The van der Waals surface area contributed by atoms with E-state index >= 15 is 0 Å². The van der Waals surface area contributed by atoms with Crippen molar-refractivity contribution in [2.24, 2.45) is 22.7 Å². The molecule has 0 heterocycles. The van der Waals surface area contributed by atoms with E-state index in [4.69, 9.17) is 0 Å². The molecule has 2 fully saturated rings. The monoisotopic (exact) mass is 300 g/mol. The molecule has 4 rings (SSSR count). The van der Waals surface area contributed by atoms with Gasteiger partial charge in [0.2, 0.25) is 0 Å². The van der Waals surface area contributed by atoms with Crippen LogP contribution in [0.15, 0.2) is 23.3 Å². The Hall–Kier alpha value is -0.890. The number of ketones is 1. The number of fused-ring (bicyclic) bond motifs is 5. The van der Waals surface area contributed by atoms with Gasteiger partial charge in [-0.25, -0.2) is 0 Å². The highest BCUT2D eigenvalue weighted by molar-refractivity contribution is 5.92. The molecule has 4 aliphatic rings. The highest BCUT2D eigenvalue weighted by Crippen LogP contribution is 2.65. The summed E-state index contributed by atoms with van der Waals surface area (Å²) in [4.78, 5) is 11.8. The lowest BCUT2D eigenvalue weighted by molar-refractivity contribution is -0.115. The average molecular weight is 300 g/mol. The Balaban J connectivity index is 1.77. The Morgan fingerprint density at radius 1 is 1.14 bits per heavy atom. The Labute approximate surface area is 133 Å². The van der Waals surface area contributed by atoms with Gasteiger partial charge in [0.05, 0.1) is 5.60 Å². The first-order chi connectivity index (χ1) is 10.3. The molecule has 0 saturated heterocycles. The fourth-order valence-electron chi connectivity index (χ4n) is 6.09. The Morgan fingerprint density at radius 2 is 1.91 bits per heavy atom. The summed E-state index contributed by atoms with van der Waals surface area (Å²) in [5, 5.41) is 10.9. The molecule has 0 aromatic carbocycles. The fraction of sp³-hybridized carbons (Fsp3) is 0.750. The number of rotatable bonds is 0. The van der Waals surface area contributed by atoms with Crippen molar-refractivity contribution < 1.29 is 9.90 Å². The van der Waals surface area contributed by atoms with Gasteiger partial charge in [-0.2, -0.15) is 0 Å². The largest absolute Gasteiger partial charge is 0.390 e. The van der Waals surface area contributed by atoms with Crippen molar-refractivity contribution in [3.8, 4) is 0 Å². The molecule has 4 aliphatic carbocycles. The lowest BCUT2D eigenvalue weighted by Gasteiger charge is -2.54. The van der Waals surface area contributed by atoms with Crippen LogP contribution in [-0.2, 0) is 4.79 Å². The molecule has 120 valence electrons. The molecule has 1 N–H and O–H groups in total. The van der Waals surface area contributed by atoms with Crippen molar-refractivity contribution >= 4 is 5.78 Å². The van der Waals surface area contributed by atoms with Crippen LogP contribution in [0, 0.1) is 22.7 Å². The van der Waals surface area contributed by atoms with Crippen LogP contribution in [-0.4, -0.2) is 16.5 Å². The van der Waals surface area contributed by atoms with Gasteiger partial charge < -0.3 is 5.11 Å². The quantitative estimate of drug-likeness (QED) is 0.681. The molecule has 5 atom stereocenters. The minimum absolute atomic E-state index is 0.0310. The average Bonchev–Trinajstić information content (AvgIpc) is 2.70. The second-order valence-electron chi connectivity index (χ2n) is 8.81. The summed E-state index contributed by atoms with van der Waals surface area (Å²) in [6.07, 6.45) is 11.4. The molecule has 2 saturated carbocycles. The number of aliphatic hydroxyl groups is 1. The van der Waals surface area contributed by atoms with E-state index in [0.717, 1.165) is 38.5 Å². The SMILES string of the molecule is CC1(O)CC[C@H]2[C@@H]3CCC4=CC(=O)CC[C@]4(C)C3=CC[C@@]21C. The molecular weight excluding hydrogens is 272 g/mol. The van der Waals surface area contributed by atoms with Crippen LogP contribution in [0.25, 0.3) is 0 Å². The molecular formula is C20H28O2. The van der Waals surface area contributed by atoms with E-state index in [-0.39, 0.29) is 10.8 Å². The van der Waals surface area contributed by atoms with Gasteiger partial charge in [0.1, 0.15) is 0 Å². The lowest BCUT2D eigenvalue weighted by Crippen LogP contribution is -2.49. The van der Waals surface area contributed by atoms with Crippen molar-refractivity contribution in [2.45, 2.75) is 71.3 Å². The number of hydrogen-bond acceptors (Lipinski definition) is 2. The van der Waals surface area contributed by atoms with E-state index in [1.807, 2.05) is 13.0 Å². The molecule has 1 unspecified atom stereocenters. The van der Waals surface area contributed by atoms with Crippen LogP contribution in [0.1, 0.15) is 65.7 Å². The van der Waals surface area contributed by atoms with Crippen LogP contribution in [0.4, 0.5) is 0 Å². The molecule has 0 aromatic heterocycles. The topological polar surface area (TPSA) is 37.3 Å². The summed E-state index contributed by atoms with van der Waals surface area (Å²) in [7, 11) is 0. The summed E-state index contributed by atoms with van der Waals surface area (Å²) in [6.45, 7) is 6.70. The third-order valence-corrected chi connectivity index (χ3v) is 7.90. The van der Waals surface area contributed by atoms with Crippen molar-refractivity contribution in [2.75, 3.05) is 0 Å². The van der Waals surface area contributed by atoms with Gasteiger partial charge in [-0.1, -0.05) is 31.1 Å². The predicted molar refractivity (Wildman–Crippen MR) is 87.3 cm³/mol. The molecule has 22 heavy (non-hydrogen) atoms. The Kier molecular flexibility index (Phi) is 2.90. The highest BCUT2D eigenvalue weighted by atomic mass is 16.3. The van der Waals surface area contributed by atoms with Crippen molar-refractivity contribution in [3.63, 3.8) is 0 Å². The standard InChI is InChI=1S/C20H28O2/c1-18-9-6-14(21)12-13(18)4-5-15-16(18)7-10-19(2)17(15)8-11-20(19,3)22/h7,12,15,17,22H,4-6,8-11H2,1-3H3/t15-,17+,18+,19+,20?/m1/s1. The zero-order chi connectivity index (χ0) is 15.8. The second-order valence-corrected chi connectivity index (χ2v) is 8.81. The first kappa shape index (κ1) is 14.7. The number of carbonyl (C=O) groups is 1. The molecule has 0 aliphatic heterocycles. The van der Waals surface area contributed by atoms with Gasteiger partial charge in [-0.05, 0) is 63.4 Å². The summed E-state index contributed by atoms with van der Waals surface area (Å²) in [5.74, 6) is 1.54. The third kappa shape index (κ3) is 1.68. The maximum absolute atomic E-state index is 11.8. The van der Waals surface area contributed by atoms with Gasteiger partial charge in [-0.3, -0.25) is 4.79 Å². The van der Waals surface area contributed by atoms with E-state index in [0.29, 0.717) is 24.0 Å². The van der Waals surface area contributed by atoms with E-state index < -0.39 is 5.60 Å². The maximum atomic E-state index is 11.8. The fourth-order valence-corrected chi connectivity index (χ4v) is 6.09. The molecule has 2 nitrogen and oxygen atoms in total. The van der Waals surface area contributed by atoms with Gasteiger partial charge in [-0.15, -0.1) is 0 Å². The van der Waals surface area contributed by atoms with Crippen LogP contribution < -0.4 is 0 Å². The van der Waals surface area contributed by atoms with E-state index in [1.165, 1.54) is 5.57 Å². The second kappa shape index (κ2) is 4.35. The molecule has 2 heteroatoms. The van der Waals surface area contributed by atoms with Crippen LogP contribution in [0.5, 0.6) is 0 Å². The Morgan fingerprint density at radius 3 is 2.68 bits per heavy atom. The smallest absolute Gasteiger partial charge is 0.155 e. The molecule has 0 bridgehead atoms. The lowest BCUT2D eigenvalue weighted by atomic mass is 9.51. The molecule has 0 aromatic rings. The van der Waals surface area contributed by atoms with Crippen LogP contribution in [0.3, 0.4) is 0 Å². The Bertz CT molecular complexity index is 597. The van der Waals surface area contributed by atoms with Gasteiger partial charge in [0, 0.05) is 17.3 Å². The summed E-state index contributed by atoms with van der Waals surface area (Å²) >= 11 is 0. The molecule has 0 amide bonds. The van der Waals surface area contributed by atoms with Crippen LogP contribution >= 0.6 is 0 Å². The van der Waals surface area contributed by atoms with Crippen molar-refractivity contribution in [1.82, 2.24) is 0 Å². The van der Waals surface area contributed by atoms with Crippen molar-refractivity contribution in [3.05, 3.63) is 23.3 Å². The summed E-state index contributed by atoms with van der Waals surface area (Å²) in [5.41, 5.74) is 2.59. The van der Waals surface area contributed by atoms with Crippen LogP contribution in [0.2, 0.25) is 0 Å². The minimum Gasteiger partial charge on any atom is -0.390 e. The van der Waals surface area contributed by atoms with Gasteiger partial charge in [0.15, 0.2) is 5.78 Å². The maximum Gasteiger partial charge on any atom is 0.155 e. The number of allylic oxidation sites excluding steroid dienone is 4. The summed E-state index contributed by atoms with van der Waals surface area (Å²) < 4.78 is 0. The molecule has 0 radical (unpaired) electrons. The van der Waals surface area contributed by atoms with E-state index in [2.05, 4.69) is 19.9 Å². The minimum atomic E-state index is -0.529. The van der Waals surface area contributed by atoms with E-state index in [1.54, 1.807) is 5.57 Å². The first-order valence-corrected chi connectivity index (χ1v) is 8.95. The first-order valence-electron chi connectivity index (χ1n) is 8.95. The molecule has 0 spiro atoms. The van der Waals surface area contributed by atoms with E-state index in [9.17, 15) is 9.90 Å². The van der Waals surface area contributed by atoms with Gasteiger partial charge >= 0.3 is 0 Å². The number of carbonyl (C=O) groups excluding carboxylic acids is 1. The zero-order valence-electron chi connectivity index (χ0n) is 14.1. The zero-order valence-corrected chi connectivity index (χ0v) is 14.1. The third-order valence-electron chi connectivity index (χ3n) is 7.90. The normalized spacial score (nSPS) is 50.6. The highest BCUT2D eigenvalue weighted by Gasteiger charge is 2.59.